The Bertz CT molecular complexity index is 383. The fraction of sp³-hybridized carbons (Fsp3) is 0.625. The van der Waals surface area contributed by atoms with Crippen LogP contribution in [0.25, 0.3) is 0 Å². The second-order valence-corrected chi connectivity index (χ2v) is 6.46. The average Bonchev–Trinajstić information content (AvgIpc) is 2.33. The van der Waals surface area contributed by atoms with Crippen LogP contribution in [0.4, 0.5) is 0 Å². The molecule has 0 spiro atoms. The standard InChI is InChI=1S/C16H27NO2/c1-12(2)14-8-6-7-9-15(14)19-11-13(18)10-17-16(3,4)5/h6-9,12-13,17-18H,10-11H2,1-5H3/p+1/t13-/m1/s1. The van der Waals surface area contributed by atoms with Crippen LogP contribution < -0.4 is 10.1 Å². The topological polar surface area (TPSA) is 46.1 Å². The molecule has 0 unspecified atom stereocenters. The van der Waals surface area contributed by atoms with E-state index in [2.05, 4.69) is 46.0 Å². The van der Waals surface area contributed by atoms with Crippen molar-refractivity contribution < 1.29 is 15.2 Å². The maximum absolute atomic E-state index is 9.95. The van der Waals surface area contributed by atoms with Crippen LogP contribution in [-0.4, -0.2) is 29.9 Å². The molecule has 1 rings (SSSR count). The van der Waals surface area contributed by atoms with Crippen molar-refractivity contribution in [2.75, 3.05) is 13.2 Å². The maximum atomic E-state index is 9.95. The lowest BCUT2D eigenvalue weighted by Gasteiger charge is -2.20. The largest absolute Gasteiger partial charge is 0.490 e. The molecule has 19 heavy (non-hydrogen) atoms. The van der Waals surface area contributed by atoms with Crippen LogP contribution in [-0.2, 0) is 0 Å². The molecule has 0 saturated carbocycles. The number of hydrogen-bond donors (Lipinski definition) is 2. The number of para-hydroxylation sites is 1. The van der Waals surface area contributed by atoms with Crippen molar-refractivity contribution in [2.24, 2.45) is 0 Å². The van der Waals surface area contributed by atoms with Crippen LogP contribution in [0.15, 0.2) is 24.3 Å². The minimum atomic E-state index is -0.445. The van der Waals surface area contributed by atoms with Gasteiger partial charge in [0, 0.05) is 0 Å². The maximum Gasteiger partial charge on any atom is 0.137 e. The summed E-state index contributed by atoms with van der Waals surface area (Å²) in [5, 5.41) is 12.1. The van der Waals surface area contributed by atoms with Crippen LogP contribution in [0.3, 0.4) is 0 Å². The molecule has 0 aliphatic rings. The lowest BCUT2D eigenvalue weighted by molar-refractivity contribution is -0.722. The average molecular weight is 266 g/mol. The van der Waals surface area contributed by atoms with Crippen LogP contribution in [0.1, 0.15) is 46.1 Å². The molecule has 0 fully saturated rings. The van der Waals surface area contributed by atoms with E-state index in [0.717, 1.165) is 5.75 Å². The van der Waals surface area contributed by atoms with Gasteiger partial charge in [-0.15, -0.1) is 0 Å². The molecule has 0 heterocycles. The molecule has 0 aliphatic heterocycles. The van der Waals surface area contributed by atoms with Gasteiger partial charge in [0.1, 0.15) is 25.0 Å². The quantitative estimate of drug-likeness (QED) is 0.826. The fourth-order valence-electron chi connectivity index (χ4n) is 1.83. The van der Waals surface area contributed by atoms with E-state index in [0.29, 0.717) is 19.1 Å². The summed E-state index contributed by atoms with van der Waals surface area (Å²) in [6.45, 7) is 11.7. The van der Waals surface area contributed by atoms with Crippen molar-refractivity contribution in [1.82, 2.24) is 0 Å². The number of nitrogens with two attached hydrogens (primary N) is 1. The zero-order valence-corrected chi connectivity index (χ0v) is 12.8. The molecule has 3 N–H and O–H groups in total. The SMILES string of the molecule is CC(C)c1ccccc1OC[C@H](O)C[NH2+]C(C)(C)C. The third-order valence-electron chi connectivity index (χ3n) is 2.97. The predicted molar refractivity (Wildman–Crippen MR) is 78.6 cm³/mol. The Morgan fingerprint density at radius 2 is 1.84 bits per heavy atom. The molecule has 1 atom stereocenters. The van der Waals surface area contributed by atoms with Gasteiger partial charge in [-0.3, -0.25) is 0 Å². The lowest BCUT2D eigenvalue weighted by atomic mass is 10.0. The molecule has 3 heteroatoms. The molecule has 1 aromatic carbocycles. The van der Waals surface area contributed by atoms with Gasteiger partial charge in [-0.05, 0) is 38.3 Å². The van der Waals surface area contributed by atoms with Crippen molar-refractivity contribution in [3.8, 4) is 5.75 Å². The molecule has 3 nitrogen and oxygen atoms in total. The van der Waals surface area contributed by atoms with Crippen molar-refractivity contribution >= 4 is 0 Å². The molecule has 0 bridgehead atoms. The van der Waals surface area contributed by atoms with Gasteiger partial charge in [0.2, 0.25) is 0 Å². The van der Waals surface area contributed by atoms with E-state index < -0.39 is 6.10 Å². The number of quaternary nitrogens is 1. The van der Waals surface area contributed by atoms with E-state index in [9.17, 15) is 5.11 Å². The molecule has 108 valence electrons. The fourth-order valence-corrected chi connectivity index (χ4v) is 1.83. The van der Waals surface area contributed by atoms with E-state index in [4.69, 9.17) is 4.74 Å². The zero-order valence-electron chi connectivity index (χ0n) is 12.8. The summed E-state index contributed by atoms with van der Waals surface area (Å²) in [7, 11) is 0. The molecular weight excluding hydrogens is 238 g/mol. The number of rotatable bonds is 6. The van der Waals surface area contributed by atoms with Crippen molar-refractivity contribution in [2.45, 2.75) is 52.2 Å². The Kier molecular flexibility index (Phi) is 5.83. The summed E-state index contributed by atoms with van der Waals surface area (Å²) < 4.78 is 5.76. The number of ether oxygens (including phenoxy) is 1. The van der Waals surface area contributed by atoms with E-state index in [1.165, 1.54) is 5.56 Å². The number of aliphatic hydroxyl groups excluding tert-OH is 1. The van der Waals surface area contributed by atoms with Gasteiger partial charge in [-0.2, -0.15) is 0 Å². The van der Waals surface area contributed by atoms with Gasteiger partial charge in [0.25, 0.3) is 0 Å². The monoisotopic (exact) mass is 266 g/mol. The van der Waals surface area contributed by atoms with Gasteiger partial charge in [-0.25, -0.2) is 0 Å². The first-order chi connectivity index (χ1) is 8.79. The van der Waals surface area contributed by atoms with Gasteiger partial charge >= 0.3 is 0 Å². The molecule has 0 aliphatic carbocycles. The number of hydrogen-bond acceptors (Lipinski definition) is 2. The Morgan fingerprint density at radius 3 is 2.42 bits per heavy atom. The Balaban J connectivity index is 2.48. The Morgan fingerprint density at radius 1 is 1.21 bits per heavy atom. The van der Waals surface area contributed by atoms with Crippen molar-refractivity contribution in [3.63, 3.8) is 0 Å². The first-order valence-corrected chi connectivity index (χ1v) is 7.04. The van der Waals surface area contributed by atoms with E-state index in [1.807, 2.05) is 18.2 Å². The minimum Gasteiger partial charge on any atom is -0.490 e. The number of aliphatic hydroxyl groups is 1. The van der Waals surface area contributed by atoms with Crippen molar-refractivity contribution in [3.05, 3.63) is 29.8 Å². The second kappa shape index (κ2) is 6.92. The highest BCUT2D eigenvalue weighted by molar-refractivity contribution is 5.35. The predicted octanol–water partition coefficient (Wildman–Crippen LogP) is 1.91. The highest BCUT2D eigenvalue weighted by Gasteiger charge is 2.17. The second-order valence-electron chi connectivity index (χ2n) is 6.46. The van der Waals surface area contributed by atoms with Gasteiger partial charge in [0.05, 0.1) is 5.54 Å². The van der Waals surface area contributed by atoms with Gasteiger partial charge < -0.3 is 15.2 Å². The molecule has 0 aromatic heterocycles. The summed E-state index contributed by atoms with van der Waals surface area (Å²) >= 11 is 0. The van der Waals surface area contributed by atoms with Crippen LogP contribution >= 0.6 is 0 Å². The van der Waals surface area contributed by atoms with Crippen LogP contribution in [0.2, 0.25) is 0 Å². The van der Waals surface area contributed by atoms with Crippen LogP contribution in [0.5, 0.6) is 5.75 Å². The molecular formula is C16H28NO2+. The first kappa shape index (κ1) is 16.0. The van der Waals surface area contributed by atoms with Crippen molar-refractivity contribution in [1.29, 1.82) is 0 Å². The smallest absolute Gasteiger partial charge is 0.137 e. The Labute approximate surface area is 117 Å². The molecule has 0 radical (unpaired) electrons. The molecule has 0 amide bonds. The highest BCUT2D eigenvalue weighted by atomic mass is 16.5. The minimum absolute atomic E-state index is 0.136. The summed E-state index contributed by atoms with van der Waals surface area (Å²) in [4.78, 5) is 0. The summed E-state index contributed by atoms with van der Waals surface area (Å²) in [5.41, 5.74) is 1.33. The van der Waals surface area contributed by atoms with Gasteiger partial charge in [-0.1, -0.05) is 32.0 Å². The van der Waals surface area contributed by atoms with E-state index in [-0.39, 0.29) is 5.54 Å². The van der Waals surface area contributed by atoms with E-state index in [1.54, 1.807) is 0 Å². The third kappa shape index (κ3) is 6.08. The number of benzene rings is 1. The Hall–Kier alpha value is -1.06. The summed E-state index contributed by atoms with van der Waals surface area (Å²) in [6, 6.07) is 8.03. The summed E-state index contributed by atoms with van der Waals surface area (Å²) in [6.07, 6.45) is -0.445. The molecule has 0 saturated heterocycles. The zero-order chi connectivity index (χ0) is 14.5. The normalized spacial score (nSPS) is 13.6. The highest BCUT2D eigenvalue weighted by Crippen LogP contribution is 2.25. The lowest BCUT2D eigenvalue weighted by Crippen LogP contribution is -2.96. The molecule has 1 aromatic rings. The van der Waals surface area contributed by atoms with Gasteiger partial charge in [0.15, 0.2) is 0 Å². The summed E-state index contributed by atoms with van der Waals surface area (Å²) in [5.74, 6) is 1.31. The van der Waals surface area contributed by atoms with Crippen LogP contribution in [0, 0.1) is 0 Å². The van der Waals surface area contributed by atoms with E-state index >= 15 is 0 Å². The third-order valence-corrected chi connectivity index (χ3v) is 2.97. The first-order valence-electron chi connectivity index (χ1n) is 7.04.